The highest BCUT2D eigenvalue weighted by Gasteiger charge is 2.23. The first-order valence-corrected chi connectivity index (χ1v) is 33.5. The van der Waals surface area contributed by atoms with Crippen LogP contribution in [0.2, 0.25) is 30.8 Å². The number of ether oxygens (including phenoxy) is 4. The third-order valence-corrected chi connectivity index (χ3v) is 17.5. The van der Waals surface area contributed by atoms with Crippen molar-refractivity contribution in [1.29, 1.82) is 0 Å². The molecule has 0 aliphatic carbocycles. The summed E-state index contributed by atoms with van der Waals surface area (Å²) in [6, 6.07) is 18.2. The Kier molecular flexibility index (Phi) is 20.6. The van der Waals surface area contributed by atoms with Crippen molar-refractivity contribution in [2.24, 2.45) is 0 Å². The predicted octanol–water partition coefficient (Wildman–Crippen LogP) is 10.4. The summed E-state index contributed by atoms with van der Waals surface area (Å²) < 4.78 is 24.8. The topological polar surface area (TPSA) is 243 Å². The number of anilines is 8. The van der Waals surface area contributed by atoms with E-state index in [-0.39, 0.29) is 0 Å². The molecule has 22 nitrogen and oxygen atoms in total. The Morgan fingerprint density at radius 2 is 1.09 bits per heavy atom. The number of aromatic nitrogens is 12. The van der Waals surface area contributed by atoms with Crippen LogP contribution in [-0.2, 0) is 18.9 Å². The van der Waals surface area contributed by atoms with Gasteiger partial charge in [-0.05, 0) is 108 Å². The van der Waals surface area contributed by atoms with Crippen molar-refractivity contribution in [2.75, 3.05) is 123 Å². The van der Waals surface area contributed by atoms with E-state index >= 15 is 0 Å². The van der Waals surface area contributed by atoms with Gasteiger partial charge in [0, 0.05) is 86.0 Å². The summed E-state index contributed by atoms with van der Waals surface area (Å²) in [6.45, 7) is 17.7. The first-order chi connectivity index (χ1) is 37.8. The van der Waals surface area contributed by atoms with Gasteiger partial charge in [-0.2, -0.15) is 0 Å². The van der Waals surface area contributed by atoms with E-state index < -0.39 is 8.07 Å². The molecule has 3 fully saturated rings. The third-order valence-electron chi connectivity index (χ3n) is 11.5. The lowest BCUT2D eigenvalue weighted by Gasteiger charge is -2.25. The standard InChI is InChI=1S/C20H27BrN6O2SSi.C14H13BrN6OS.C8H4BrClN2.C6H10N4OS/c1-31(2,3)11-10-29-14-27(18-5-4-16-17(23-18)12-15(21)13-22-16)20-25-24-19(30-20)26-6-8-28-9-7-26;15-9-7-11-10(16-8-9)1-2-12(17-11)18-13-19-20-14(23-13)21-3-5-22-6-4-21;9-5-3-7-6(11-4-5)1-2-8(10)12-7;7-5-8-9-6(12-5)10-1-3-11-4-2-10/h4-5,12-13H,6-11,14H2,1-3H3;1-2,7-8H,3-6H2,(H,17,18,19);1-4H;1-4H2,(H2,7,8). The molecular formula is C48H54Br3ClN18O4S3Si. The van der Waals surface area contributed by atoms with E-state index in [4.69, 9.17) is 41.3 Å². The van der Waals surface area contributed by atoms with E-state index in [9.17, 15) is 0 Å². The molecule has 0 bridgehead atoms. The molecular weight excluding hydrogens is 1290 g/mol. The highest BCUT2D eigenvalue weighted by Crippen LogP contribution is 2.33. The number of morpholine rings is 3. The molecule has 30 heteroatoms. The monoisotopic (exact) mass is 1340 g/mol. The minimum Gasteiger partial charge on any atom is -0.378 e. The van der Waals surface area contributed by atoms with E-state index in [0.29, 0.717) is 30.2 Å². The minimum atomic E-state index is -1.17. The number of hydrogen-bond donors (Lipinski definition) is 2. The molecule has 0 atom stereocenters. The van der Waals surface area contributed by atoms with Gasteiger partial charge in [-0.3, -0.25) is 19.9 Å². The summed E-state index contributed by atoms with van der Waals surface area (Å²) in [5.41, 5.74) is 10.5. The van der Waals surface area contributed by atoms with Gasteiger partial charge in [0.25, 0.3) is 0 Å². The third kappa shape index (κ3) is 16.8. The van der Waals surface area contributed by atoms with Gasteiger partial charge < -0.3 is 44.7 Å². The largest absolute Gasteiger partial charge is 0.378 e. The van der Waals surface area contributed by atoms with E-state index in [1.807, 2.05) is 53.4 Å². The Morgan fingerprint density at radius 1 is 0.603 bits per heavy atom. The van der Waals surface area contributed by atoms with Crippen LogP contribution in [0.4, 0.5) is 42.4 Å². The van der Waals surface area contributed by atoms with Gasteiger partial charge >= 0.3 is 0 Å². The maximum Gasteiger partial charge on any atom is 0.217 e. The molecule has 0 aromatic carbocycles. The molecule has 78 heavy (non-hydrogen) atoms. The van der Waals surface area contributed by atoms with Gasteiger partial charge in [0.05, 0.1) is 72.7 Å². The summed E-state index contributed by atoms with van der Waals surface area (Å²) in [7, 11) is -1.17. The highest BCUT2D eigenvalue weighted by atomic mass is 79.9. The number of nitrogens with zero attached hydrogens (tertiary/aromatic N) is 16. The van der Waals surface area contributed by atoms with Crippen LogP contribution in [0.3, 0.4) is 0 Å². The fourth-order valence-electron chi connectivity index (χ4n) is 7.45. The molecule has 0 unspecified atom stereocenters. The molecule has 3 aliphatic heterocycles. The average Bonchev–Trinajstić information content (AvgIpc) is 4.26. The lowest BCUT2D eigenvalue weighted by Crippen LogP contribution is -2.36. The van der Waals surface area contributed by atoms with Gasteiger partial charge in [-0.15, -0.1) is 30.6 Å². The Bertz CT molecular complexity index is 3350. The van der Waals surface area contributed by atoms with Gasteiger partial charge in [0.15, 0.2) is 0 Å². The first-order valence-electron chi connectivity index (χ1n) is 24.6. The Morgan fingerprint density at radius 3 is 1.64 bits per heavy atom. The molecule has 3 N–H and O–H groups in total. The van der Waals surface area contributed by atoms with Crippen molar-refractivity contribution >= 4 is 177 Å². The fourth-order valence-corrected chi connectivity index (χ4v) is 11.7. The van der Waals surface area contributed by atoms with E-state index in [2.05, 4.69) is 143 Å². The van der Waals surface area contributed by atoms with Crippen LogP contribution in [0.15, 0.2) is 86.6 Å². The summed E-state index contributed by atoms with van der Waals surface area (Å²) >= 11 is 20.4. The molecule has 9 aromatic heterocycles. The maximum absolute atomic E-state index is 6.07. The van der Waals surface area contributed by atoms with Gasteiger partial charge in [-0.25, -0.2) is 15.0 Å². The van der Waals surface area contributed by atoms with E-state index in [0.717, 1.165) is 162 Å². The van der Waals surface area contributed by atoms with Gasteiger partial charge in [-0.1, -0.05) is 65.3 Å². The lowest BCUT2D eigenvalue weighted by molar-refractivity contribution is 0.122. The quantitative estimate of drug-likeness (QED) is 0.0500. The molecule has 410 valence electrons. The van der Waals surface area contributed by atoms with Crippen molar-refractivity contribution in [3.63, 3.8) is 0 Å². The van der Waals surface area contributed by atoms with Crippen molar-refractivity contribution in [3.05, 3.63) is 91.8 Å². The fraction of sp³-hybridized carbons (Fsp3) is 0.375. The number of nitrogens with one attached hydrogen (secondary N) is 1. The second-order valence-corrected chi connectivity index (χ2v) is 30.1. The second kappa shape index (κ2) is 27.9. The van der Waals surface area contributed by atoms with Gasteiger partial charge in [0.1, 0.15) is 23.5 Å². The maximum atomic E-state index is 6.07. The zero-order chi connectivity index (χ0) is 54.4. The Balaban J connectivity index is 0.000000137. The Hall–Kier alpha value is -5.05. The number of rotatable bonds is 12. The molecule has 0 amide bonds. The predicted molar refractivity (Wildman–Crippen MR) is 324 cm³/mol. The van der Waals surface area contributed by atoms with Crippen LogP contribution in [0, 0.1) is 0 Å². The van der Waals surface area contributed by atoms with Crippen LogP contribution in [-0.4, -0.2) is 161 Å². The molecule has 0 radical (unpaired) electrons. The van der Waals surface area contributed by atoms with E-state index in [1.165, 1.54) is 22.7 Å². The molecule has 9 aromatic rings. The van der Waals surface area contributed by atoms with Crippen molar-refractivity contribution in [1.82, 2.24) is 60.5 Å². The van der Waals surface area contributed by atoms with Crippen LogP contribution in [0.5, 0.6) is 0 Å². The Labute approximate surface area is 492 Å². The molecule has 3 saturated heterocycles. The number of nitrogen functional groups attached to an aromatic ring is 1. The number of nitrogens with two attached hydrogens (primary N) is 1. The number of pyridine rings is 6. The number of hydrogen-bond acceptors (Lipinski definition) is 25. The normalized spacial score (nSPS) is 14.8. The van der Waals surface area contributed by atoms with Crippen molar-refractivity contribution in [2.45, 2.75) is 25.7 Å². The molecule has 3 aliphatic rings. The van der Waals surface area contributed by atoms with Crippen LogP contribution < -0.4 is 30.7 Å². The summed E-state index contributed by atoms with van der Waals surface area (Å²) in [5, 5.41) is 33.5. The van der Waals surface area contributed by atoms with Crippen LogP contribution in [0.25, 0.3) is 33.1 Å². The lowest BCUT2D eigenvalue weighted by atomic mass is 10.3. The second-order valence-electron chi connectivity index (χ2n) is 18.5. The summed E-state index contributed by atoms with van der Waals surface area (Å²) in [4.78, 5) is 34.9. The SMILES string of the molecule is Brc1cnc2ccc(Nc3nnc(N4CCOCC4)s3)nc2c1.C[Si](C)(C)CCOCN(c1ccc2ncc(Br)cc2n1)c1nnc(N2CCOCC2)s1.Clc1ccc2ncc(Br)cc2n1.Nc1nnc(N2CCOCC2)s1. The average molecular weight is 1350 g/mol. The molecule has 12 heterocycles. The van der Waals surface area contributed by atoms with E-state index in [1.54, 1.807) is 36.0 Å². The smallest absolute Gasteiger partial charge is 0.217 e. The highest BCUT2D eigenvalue weighted by molar-refractivity contribution is 9.11. The summed E-state index contributed by atoms with van der Waals surface area (Å²) in [6.07, 6.45) is 5.27. The molecule has 0 saturated carbocycles. The molecule has 0 spiro atoms. The van der Waals surface area contributed by atoms with Crippen LogP contribution in [0.1, 0.15) is 0 Å². The summed E-state index contributed by atoms with van der Waals surface area (Å²) in [5.74, 6) is 1.49. The zero-order valence-electron chi connectivity index (χ0n) is 42.6. The van der Waals surface area contributed by atoms with Crippen LogP contribution >= 0.6 is 93.4 Å². The van der Waals surface area contributed by atoms with Gasteiger partial charge in [0.2, 0.25) is 30.8 Å². The van der Waals surface area contributed by atoms with Crippen molar-refractivity contribution in [3.8, 4) is 0 Å². The molecule has 12 rings (SSSR count). The zero-order valence-corrected chi connectivity index (χ0v) is 51.6. The number of halogens is 4. The minimum absolute atomic E-state index is 0.377. The number of fused-ring (bicyclic) bond motifs is 3. The van der Waals surface area contributed by atoms with Crippen molar-refractivity contribution < 1.29 is 18.9 Å². The first kappa shape index (κ1) is 57.6.